The van der Waals surface area contributed by atoms with E-state index in [-0.39, 0.29) is 5.28 Å². The van der Waals surface area contributed by atoms with E-state index in [9.17, 15) is 0 Å². The molecule has 0 radical (unpaired) electrons. The average molecular weight is 325 g/mol. The Morgan fingerprint density at radius 3 is 2.81 bits per heavy atom. The third kappa shape index (κ3) is 3.59. The van der Waals surface area contributed by atoms with Crippen molar-refractivity contribution in [2.45, 2.75) is 32.7 Å². The molecule has 0 atom stereocenters. The van der Waals surface area contributed by atoms with Gasteiger partial charge in [-0.05, 0) is 30.9 Å². The molecule has 0 amide bonds. The second-order valence-corrected chi connectivity index (χ2v) is 6.39. The second-order valence-electron chi connectivity index (χ2n) is 4.85. The Bertz CT molecular complexity index is 610. The largest absolute Gasteiger partial charge is 0.348 e. The molecule has 6 nitrogen and oxygen atoms in total. The molecule has 2 aromatic heterocycles. The zero-order valence-corrected chi connectivity index (χ0v) is 13.4. The van der Waals surface area contributed by atoms with Crippen molar-refractivity contribution < 1.29 is 0 Å². The van der Waals surface area contributed by atoms with Crippen LogP contribution in [-0.4, -0.2) is 33.0 Å². The molecule has 1 aliphatic rings. The predicted molar refractivity (Wildman–Crippen MR) is 85.1 cm³/mol. The van der Waals surface area contributed by atoms with Crippen molar-refractivity contribution in [3.63, 3.8) is 0 Å². The summed E-state index contributed by atoms with van der Waals surface area (Å²) in [5, 5.41) is 4.42. The molecule has 21 heavy (non-hydrogen) atoms. The lowest BCUT2D eigenvalue weighted by molar-refractivity contribution is 0.875. The zero-order valence-electron chi connectivity index (χ0n) is 11.8. The zero-order chi connectivity index (χ0) is 14.7. The minimum Gasteiger partial charge on any atom is -0.348 e. The highest BCUT2D eigenvalue weighted by Crippen LogP contribution is 2.19. The molecular weight excluding hydrogens is 308 g/mol. The Morgan fingerprint density at radius 1 is 1.29 bits per heavy atom. The summed E-state index contributed by atoms with van der Waals surface area (Å²) >= 11 is 7.69. The first-order valence-corrected chi connectivity index (χ1v) is 8.28. The number of halogens is 1. The number of anilines is 2. The van der Waals surface area contributed by atoms with E-state index >= 15 is 0 Å². The highest BCUT2D eigenvalue weighted by Gasteiger charge is 2.17. The van der Waals surface area contributed by atoms with Gasteiger partial charge in [-0.3, -0.25) is 0 Å². The smallest absolute Gasteiger partial charge is 0.231 e. The highest BCUT2D eigenvalue weighted by atomic mass is 35.5. The molecule has 3 rings (SSSR count). The Labute approximate surface area is 132 Å². The molecule has 0 spiro atoms. The van der Waals surface area contributed by atoms with Crippen LogP contribution in [0.25, 0.3) is 0 Å². The molecule has 0 bridgehead atoms. The quantitative estimate of drug-likeness (QED) is 0.912. The van der Waals surface area contributed by atoms with Crippen LogP contribution in [0.1, 0.15) is 29.7 Å². The maximum absolute atomic E-state index is 5.99. The Kier molecular flexibility index (Phi) is 4.50. The van der Waals surface area contributed by atoms with Crippen molar-refractivity contribution in [2.75, 3.05) is 23.3 Å². The summed E-state index contributed by atoms with van der Waals surface area (Å²) in [5.74, 6) is 1.16. The number of rotatable bonds is 5. The summed E-state index contributed by atoms with van der Waals surface area (Å²) in [6.07, 6.45) is 5.27. The standard InChI is InChI=1S/C13H17ClN6S/c1-2-9-7-15-10(21-9)8-16-12-17-11(14)18-13(19-12)20-5-3-4-6-20/h7H,2-6,8H2,1H3,(H,16,17,18,19). The third-order valence-corrected chi connectivity index (χ3v) is 4.64. The number of aryl methyl sites for hydroxylation is 1. The molecular formula is C13H17ClN6S. The van der Waals surface area contributed by atoms with Gasteiger partial charge >= 0.3 is 0 Å². The Morgan fingerprint density at radius 2 is 2.10 bits per heavy atom. The normalized spacial score (nSPS) is 14.7. The fraction of sp³-hybridized carbons (Fsp3) is 0.538. The van der Waals surface area contributed by atoms with Gasteiger partial charge in [-0.25, -0.2) is 4.98 Å². The molecule has 112 valence electrons. The maximum Gasteiger partial charge on any atom is 0.231 e. The van der Waals surface area contributed by atoms with Crippen LogP contribution < -0.4 is 10.2 Å². The number of nitrogens with one attached hydrogen (secondary N) is 1. The van der Waals surface area contributed by atoms with Crippen molar-refractivity contribution >= 4 is 34.8 Å². The molecule has 0 saturated carbocycles. The van der Waals surface area contributed by atoms with Gasteiger partial charge in [-0.1, -0.05) is 6.92 Å². The SMILES string of the molecule is CCc1cnc(CNc2nc(Cl)nc(N3CCCC3)n2)s1. The molecule has 1 N–H and O–H groups in total. The monoisotopic (exact) mass is 324 g/mol. The van der Waals surface area contributed by atoms with Gasteiger partial charge in [0.2, 0.25) is 17.2 Å². The minimum absolute atomic E-state index is 0.225. The number of hydrogen-bond donors (Lipinski definition) is 1. The molecule has 3 heterocycles. The molecule has 1 saturated heterocycles. The van der Waals surface area contributed by atoms with Crippen molar-refractivity contribution in [3.05, 3.63) is 21.4 Å². The maximum atomic E-state index is 5.99. The van der Waals surface area contributed by atoms with E-state index in [1.165, 1.54) is 17.7 Å². The molecule has 0 aromatic carbocycles. The first-order valence-electron chi connectivity index (χ1n) is 7.08. The van der Waals surface area contributed by atoms with Crippen LogP contribution in [0.4, 0.5) is 11.9 Å². The Hall–Kier alpha value is -1.47. The van der Waals surface area contributed by atoms with Crippen LogP contribution >= 0.6 is 22.9 Å². The van der Waals surface area contributed by atoms with Gasteiger partial charge in [0.05, 0.1) is 6.54 Å². The summed E-state index contributed by atoms with van der Waals surface area (Å²) in [6.45, 7) is 4.68. The fourth-order valence-electron chi connectivity index (χ4n) is 2.23. The van der Waals surface area contributed by atoms with Crippen molar-refractivity contribution in [2.24, 2.45) is 0 Å². The average Bonchev–Trinajstić information content (AvgIpc) is 3.16. The lowest BCUT2D eigenvalue weighted by Crippen LogP contribution is -2.21. The topological polar surface area (TPSA) is 66.8 Å². The molecule has 2 aromatic rings. The van der Waals surface area contributed by atoms with Gasteiger partial charge in [0.25, 0.3) is 0 Å². The van der Waals surface area contributed by atoms with Crippen molar-refractivity contribution in [1.29, 1.82) is 0 Å². The van der Waals surface area contributed by atoms with Gasteiger partial charge in [0, 0.05) is 24.2 Å². The van der Waals surface area contributed by atoms with Crippen molar-refractivity contribution in [3.8, 4) is 0 Å². The minimum atomic E-state index is 0.225. The van der Waals surface area contributed by atoms with E-state index < -0.39 is 0 Å². The van der Waals surface area contributed by atoms with Crippen LogP contribution in [0, 0.1) is 0 Å². The summed E-state index contributed by atoms with van der Waals surface area (Å²) in [5.41, 5.74) is 0. The summed E-state index contributed by atoms with van der Waals surface area (Å²) in [6, 6.07) is 0. The van der Waals surface area contributed by atoms with Gasteiger partial charge in [-0.15, -0.1) is 11.3 Å². The van der Waals surface area contributed by atoms with Gasteiger partial charge in [-0.2, -0.15) is 15.0 Å². The van der Waals surface area contributed by atoms with E-state index in [2.05, 4.69) is 37.1 Å². The first-order chi connectivity index (χ1) is 10.2. The lowest BCUT2D eigenvalue weighted by Gasteiger charge is -2.15. The van der Waals surface area contributed by atoms with E-state index in [4.69, 9.17) is 11.6 Å². The van der Waals surface area contributed by atoms with Gasteiger partial charge < -0.3 is 10.2 Å². The van der Waals surface area contributed by atoms with E-state index in [1.807, 2.05) is 6.20 Å². The number of thiazole rings is 1. The summed E-state index contributed by atoms with van der Waals surface area (Å²) < 4.78 is 0. The van der Waals surface area contributed by atoms with Gasteiger partial charge in [0.15, 0.2) is 0 Å². The number of hydrogen-bond acceptors (Lipinski definition) is 7. The van der Waals surface area contributed by atoms with Crippen LogP contribution in [0.5, 0.6) is 0 Å². The predicted octanol–water partition coefficient (Wildman–Crippen LogP) is 2.76. The third-order valence-electron chi connectivity index (χ3n) is 3.33. The number of nitrogens with zero attached hydrogens (tertiary/aromatic N) is 5. The first kappa shape index (κ1) is 14.5. The van der Waals surface area contributed by atoms with Crippen LogP contribution in [0.3, 0.4) is 0 Å². The fourth-order valence-corrected chi connectivity index (χ4v) is 3.18. The highest BCUT2D eigenvalue weighted by molar-refractivity contribution is 7.11. The second kappa shape index (κ2) is 6.53. The number of aromatic nitrogens is 4. The van der Waals surface area contributed by atoms with E-state index in [0.29, 0.717) is 18.4 Å². The van der Waals surface area contributed by atoms with Crippen LogP contribution in [0.15, 0.2) is 6.20 Å². The molecule has 1 fully saturated rings. The van der Waals surface area contributed by atoms with Crippen molar-refractivity contribution in [1.82, 2.24) is 19.9 Å². The van der Waals surface area contributed by atoms with Crippen LogP contribution in [0.2, 0.25) is 5.28 Å². The van der Waals surface area contributed by atoms with Crippen LogP contribution in [-0.2, 0) is 13.0 Å². The van der Waals surface area contributed by atoms with E-state index in [0.717, 1.165) is 24.5 Å². The van der Waals surface area contributed by atoms with E-state index in [1.54, 1.807) is 11.3 Å². The molecule has 0 aliphatic carbocycles. The van der Waals surface area contributed by atoms with Gasteiger partial charge in [0.1, 0.15) is 5.01 Å². The molecule has 8 heteroatoms. The molecule has 0 unspecified atom stereocenters. The summed E-state index contributed by atoms with van der Waals surface area (Å²) in [7, 11) is 0. The summed E-state index contributed by atoms with van der Waals surface area (Å²) in [4.78, 5) is 20.6. The lowest BCUT2D eigenvalue weighted by atomic mass is 10.4. The molecule has 1 aliphatic heterocycles. The Balaban J connectivity index is 1.69.